The molecule has 0 saturated carbocycles. The van der Waals surface area contributed by atoms with E-state index in [4.69, 9.17) is 11.6 Å². The van der Waals surface area contributed by atoms with Crippen LogP contribution in [0.2, 0.25) is 5.02 Å². The van der Waals surface area contributed by atoms with E-state index in [-0.39, 0.29) is 12.3 Å². The number of anilines is 1. The molecule has 1 amide bonds. The number of amides is 1. The van der Waals surface area contributed by atoms with Gasteiger partial charge in [-0.05, 0) is 41.8 Å². The zero-order valence-electron chi connectivity index (χ0n) is 11.7. The Bertz CT molecular complexity index is 670. The Morgan fingerprint density at radius 1 is 1.19 bits per heavy atom. The molecular formula is C17H17ClN2O. The summed E-state index contributed by atoms with van der Waals surface area (Å²) in [6, 6.07) is 13.5. The van der Waals surface area contributed by atoms with Gasteiger partial charge in [0, 0.05) is 17.3 Å². The number of nitrogens with one attached hydrogen (secondary N) is 2. The molecule has 0 saturated heterocycles. The minimum Gasteiger partial charge on any atom is -0.325 e. The van der Waals surface area contributed by atoms with Gasteiger partial charge in [-0.2, -0.15) is 0 Å². The predicted octanol–water partition coefficient (Wildman–Crippen LogP) is 3.17. The molecule has 0 spiro atoms. The Hall–Kier alpha value is -1.84. The third-order valence-corrected chi connectivity index (χ3v) is 4.10. The highest BCUT2D eigenvalue weighted by molar-refractivity contribution is 6.31. The molecule has 0 unspecified atom stereocenters. The van der Waals surface area contributed by atoms with Gasteiger partial charge in [-0.25, -0.2) is 0 Å². The van der Waals surface area contributed by atoms with Crippen LogP contribution in [0.15, 0.2) is 42.5 Å². The lowest BCUT2D eigenvalue weighted by molar-refractivity contribution is -0.115. The van der Waals surface area contributed by atoms with E-state index >= 15 is 0 Å². The van der Waals surface area contributed by atoms with Crippen LogP contribution in [-0.4, -0.2) is 12.5 Å². The molecule has 0 aliphatic carbocycles. The summed E-state index contributed by atoms with van der Waals surface area (Å²) in [7, 11) is 0. The van der Waals surface area contributed by atoms with Crippen LogP contribution < -0.4 is 10.6 Å². The summed E-state index contributed by atoms with van der Waals surface area (Å²) < 4.78 is 0. The van der Waals surface area contributed by atoms with E-state index in [0.29, 0.717) is 5.02 Å². The first-order valence-electron chi connectivity index (χ1n) is 7.09. The maximum absolute atomic E-state index is 12.2. The van der Waals surface area contributed by atoms with Crippen molar-refractivity contribution >= 4 is 23.2 Å². The maximum Gasteiger partial charge on any atom is 0.228 e. The van der Waals surface area contributed by atoms with E-state index in [2.05, 4.69) is 16.7 Å². The molecule has 1 heterocycles. The molecule has 2 aromatic carbocycles. The Morgan fingerprint density at radius 2 is 2.05 bits per heavy atom. The average molecular weight is 301 g/mol. The molecule has 2 N–H and O–H groups in total. The lowest BCUT2D eigenvalue weighted by Crippen LogP contribution is -2.25. The highest BCUT2D eigenvalue weighted by Gasteiger charge is 2.14. The predicted molar refractivity (Wildman–Crippen MR) is 85.6 cm³/mol. The number of hydrogen-bond acceptors (Lipinski definition) is 2. The van der Waals surface area contributed by atoms with Crippen molar-refractivity contribution in [2.75, 3.05) is 11.9 Å². The van der Waals surface area contributed by atoms with Gasteiger partial charge in [0.2, 0.25) is 5.91 Å². The molecule has 21 heavy (non-hydrogen) atoms. The summed E-state index contributed by atoms with van der Waals surface area (Å²) in [4.78, 5) is 12.2. The Balaban J connectivity index is 1.75. The summed E-state index contributed by atoms with van der Waals surface area (Å²) in [5, 5.41) is 6.98. The van der Waals surface area contributed by atoms with E-state index in [0.717, 1.165) is 30.8 Å². The molecular weight excluding hydrogens is 284 g/mol. The number of benzene rings is 2. The number of rotatable bonds is 3. The van der Waals surface area contributed by atoms with Crippen LogP contribution in [-0.2, 0) is 24.2 Å². The quantitative estimate of drug-likeness (QED) is 0.914. The highest BCUT2D eigenvalue weighted by atomic mass is 35.5. The molecule has 1 aliphatic heterocycles. The van der Waals surface area contributed by atoms with Gasteiger partial charge in [-0.3, -0.25) is 4.79 Å². The van der Waals surface area contributed by atoms with Gasteiger partial charge in [0.1, 0.15) is 0 Å². The number of hydrogen-bond donors (Lipinski definition) is 2. The summed E-state index contributed by atoms with van der Waals surface area (Å²) in [6.45, 7) is 1.79. The maximum atomic E-state index is 12.2. The molecule has 0 fully saturated rings. The second-order valence-electron chi connectivity index (χ2n) is 5.19. The molecule has 3 nitrogen and oxygen atoms in total. The van der Waals surface area contributed by atoms with Crippen LogP contribution in [0.25, 0.3) is 0 Å². The van der Waals surface area contributed by atoms with Crippen LogP contribution in [0.4, 0.5) is 5.69 Å². The number of fused-ring (bicyclic) bond motifs is 1. The monoisotopic (exact) mass is 300 g/mol. The van der Waals surface area contributed by atoms with Gasteiger partial charge < -0.3 is 10.6 Å². The molecule has 4 heteroatoms. The van der Waals surface area contributed by atoms with Crippen molar-refractivity contribution in [1.29, 1.82) is 0 Å². The van der Waals surface area contributed by atoms with Crippen molar-refractivity contribution in [3.8, 4) is 0 Å². The van der Waals surface area contributed by atoms with Crippen molar-refractivity contribution in [1.82, 2.24) is 5.32 Å². The second-order valence-corrected chi connectivity index (χ2v) is 5.59. The molecule has 0 aromatic heterocycles. The zero-order chi connectivity index (χ0) is 14.7. The SMILES string of the molecule is O=C(Cc1ccccc1Cl)Nc1cccc2c1CNCC2. The Kier molecular flexibility index (Phi) is 4.23. The molecule has 0 radical (unpaired) electrons. The molecule has 3 rings (SSSR count). The second kappa shape index (κ2) is 6.29. The van der Waals surface area contributed by atoms with E-state index in [1.165, 1.54) is 11.1 Å². The van der Waals surface area contributed by atoms with Crippen molar-refractivity contribution in [2.45, 2.75) is 19.4 Å². The van der Waals surface area contributed by atoms with E-state index < -0.39 is 0 Å². The average Bonchev–Trinajstić information content (AvgIpc) is 2.50. The largest absolute Gasteiger partial charge is 0.325 e. The lowest BCUT2D eigenvalue weighted by Gasteiger charge is -2.20. The smallest absolute Gasteiger partial charge is 0.228 e. The van der Waals surface area contributed by atoms with E-state index in [1.807, 2.05) is 30.3 Å². The first kappa shape index (κ1) is 14.1. The third kappa shape index (κ3) is 3.26. The van der Waals surface area contributed by atoms with Crippen LogP contribution in [0.3, 0.4) is 0 Å². The van der Waals surface area contributed by atoms with Gasteiger partial charge in [-0.1, -0.05) is 41.9 Å². The van der Waals surface area contributed by atoms with Crippen LogP contribution in [0.5, 0.6) is 0 Å². The van der Waals surface area contributed by atoms with E-state index in [1.54, 1.807) is 6.07 Å². The molecule has 1 aliphatic rings. The van der Waals surface area contributed by atoms with Crippen LogP contribution in [0, 0.1) is 0 Å². The third-order valence-electron chi connectivity index (χ3n) is 3.73. The number of carbonyl (C=O) groups excluding carboxylic acids is 1. The Labute approximate surface area is 129 Å². The highest BCUT2D eigenvalue weighted by Crippen LogP contribution is 2.23. The summed E-state index contributed by atoms with van der Waals surface area (Å²) in [5.41, 5.74) is 4.25. The summed E-state index contributed by atoms with van der Waals surface area (Å²) >= 11 is 6.10. The summed E-state index contributed by atoms with van der Waals surface area (Å²) in [5.74, 6) is -0.0397. The zero-order valence-corrected chi connectivity index (χ0v) is 12.4. The van der Waals surface area contributed by atoms with Gasteiger partial charge in [0.15, 0.2) is 0 Å². The minimum atomic E-state index is -0.0397. The molecule has 0 bridgehead atoms. The van der Waals surface area contributed by atoms with Crippen LogP contribution in [0.1, 0.15) is 16.7 Å². The number of carbonyl (C=O) groups is 1. The molecule has 2 aromatic rings. The first-order valence-corrected chi connectivity index (χ1v) is 7.46. The van der Waals surface area contributed by atoms with Crippen molar-refractivity contribution < 1.29 is 4.79 Å². The van der Waals surface area contributed by atoms with E-state index in [9.17, 15) is 4.79 Å². The fourth-order valence-electron chi connectivity index (χ4n) is 2.64. The Morgan fingerprint density at radius 3 is 2.90 bits per heavy atom. The normalized spacial score (nSPS) is 13.6. The van der Waals surface area contributed by atoms with Gasteiger partial charge in [0.25, 0.3) is 0 Å². The van der Waals surface area contributed by atoms with Crippen LogP contribution >= 0.6 is 11.6 Å². The fraction of sp³-hybridized carbons (Fsp3) is 0.235. The standard InChI is InChI=1S/C17H17ClN2O/c18-15-6-2-1-4-13(15)10-17(21)20-16-7-3-5-12-8-9-19-11-14(12)16/h1-7,19H,8-11H2,(H,20,21). The first-order chi connectivity index (χ1) is 10.2. The van der Waals surface area contributed by atoms with Gasteiger partial charge in [0.05, 0.1) is 6.42 Å². The minimum absolute atomic E-state index is 0.0397. The summed E-state index contributed by atoms with van der Waals surface area (Å²) in [6.07, 6.45) is 1.29. The molecule has 0 atom stereocenters. The van der Waals surface area contributed by atoms with Gasteiger partial charge in [-0.15, -0.1) is 0 Å². The van der Waals surface area contributed by atoms with Crippen molar-refractivity contribution in [3.63, 3.8) is 0 Å². The van der Waals surface area contributed by atoms with Crippen molar-refractivity contribution in [3.05, 3.63) is 64.2 Å². The fourth-order valence-corrected chi connectivity index (χ4v) is 2.84. The van der Waals surface area contributed by atoms with Gasteiger partial charge >= 0.3 is 0 Å². The lowest BCUT2D eigenvalue weighted by atomic mass is 9.99. The molecule has 108 valence electrons. The van der Waals surface area contributed by atoms with Crippen molar-refractivity contribution in [2.24, 2.45) is 0 Å². The number of halogens is 1. The topological polar surface area (TPSA) is 41.1 Å².